The maximum atomic E-state index is 12.3. The van der Waals surface area contributed by atoms with Gasteiger partial charge in [0.1, 0.15) is 12.1 Å². The summed E-state index contributed by atoms with van der Waals surface area (Å²) in [5.74, 6) is 1.01. The molecule has 1 saturated heterocycles. The number of benzene rings is 1. The summed E-state index contributed by atoms with van der Waals surface area (Å²) in [4.78, 5) is 24.8. The van der Waals surface area contributed by atoms with Crippen LogP contribution in [0.25, 0.3) is 0 Å². The number of carbonyl (C=O) groups is 1. The molecule has 2 heterocycles. The SMILES string of the molecule is COc1cccc(CN2CCC[C@@H](N(Cc3cncnc3)C(C)=O)CC2)c1. The van der Waals surface area contributed by atoms with Crippen molar-refractivity contribution >= 4 is 5.91 Å². The van der Waals surface area contributed by atoms with Crippen LogP contribution in [0, 0.1) is 0 Å². The van der Waals surface area contributed by atoms with Gasteiger partial charge in [0.2, 0.25) is 5.91 Å². The van der Waals surface area contributed by atoms with Crippen LogP contribution in [0.1, 0.15) is 37.3 Å². The van der Waals surface area contributed by atoms with Crippen molar-refractivity contribution in [3.63, 3.8) is 0 Å². The van der Waals surface area contributed by atoms with Crippen molar-refractivity contribution in [2.24, 2.45) is 0 Å². The maximum Gasteiger partial charge on any atom is 0.219 e. The monoisotopic (exact) mass is 368 g/mol. The van der Waals surface area contributed by atoms with Crippen molar-refractivity contribution in [3.8, 4) is 5.75 Å². The van der Waals surface area contributed by atoms with E-state index in [0.29, 0.717) is 6.54 Å². The molecule has 1 atom stereocenters. The number of likely N-dealkylation sites (tertiary alicyclic amines) is 1. The predicted octanol–water partition coefficient (Wildman–Crippen LogP) is 2.89. The minimum Gasteiger partial charge on any atom is -0.497 e. The highest BCUT2D eigenvalue weighted by molar-refractivity contribution is 5.73. The number of aromatic nitrogens is 2. The largest absolute Gasteiger partial charge is 0.497 e. The summed E-state index contributed by atoms with van der Waals surface area (Å²) in [6.45, 7) is 5.18. The lowest BCUT2D eigenvalue weighted by molar-refractivity contribution is -0.132. The average Bonchev–Trinajstić information content (AvgIpc) is 2.92. The Morgan fingerprint density at radius 2 is 2.04 bits per heavy atom. The zero-order valence-corrected chi connectivity index (χ0v) is 16.2. The third kappa shape index (κ3) is 5.50. The Bertz CT molecular complexity index is 738. The van der Waals surface area contributed by atoms with Crippen LogP contribution < -0.4 is 4.74 Å². The Morgan fingerprint density at radius 3 is 2.78 bits per heavy atom. The van der Waals surface area contributed by atoms with Gasteiger partial charge in [-0.1, -0.05) is 12.1 Å². The van der Waals surface area contributed by atoms with Crippen LogP contribution in [0.15, 0.2) is 43.0 Å². The number of methoxy groups -OCH3 is 1. The number of amides is 1. The van der Waals surface area contributed by atoms with E-state index < -0.39 is 0 Å². The van der Waals surface area contributed by atoms with Crippen molar-refractivity contribution in [3.05, 3.63) is 54.1 Å². The number of hydrogen-bond donors (Lipinski definition) is 0. The molecular formula is C21H28N4O2. The summed E-state index contributed by atoms with van der Waals surface area (Å²) in [6, 6.07) is 8.51. The number of nitrogens with zero attached hydrogens (tertiary/aromatic N) is 4. The fourth-order valence-electron chi connectivity index (χ4n) is 3.74. The van der Waals surface area contributed by atoms with Crippen LogP contribution in [-0.4, -0.2) is 51.9 Å². The third-order valence-electron chi connectivity index (χ3n) is 5.14. The number of hydrogen-bond acceptors (Lipinski definition) is 5. The highest BCUT2D eigenvalue weighted by Gasteiger charge is 2.25. The first kappa shape index (κ1) is 19.3. The van der Waals surface area contributed by atoms with E-state index in [0.717, 1.165) is 50.2 Å². The topological polar surface area (TPSA) is 58.6 Å². The van der Waals surface area contributed by atoms with Crippen molar-refractivity contribution < 1.29 is 9.53 Å². The molecule has 3 rings (SSSR count). The standard InChI is InChI=1S/C21H28N4O2/c1-17(26)25(15-19-12-22-16-23-13-19)20-6-4-9-24(10-8-20)14-18-5-3-7-21(11-18)27-2/h3,5,7,11-13,16,20H,4,6,8-10,14-15H2,1-2H3/t20-/m1/s1. The molecule has 0 aliphatic carbocycles. The van der Waals surface area contributed by atoms with Gasteiger partial charge in [0.05, 0.1) is 7.11 Å². The van der Waals surface area contributed by atoms with Crippen molar-refractivity contribution in [1.29, 1.82) is 0 Å². The quantitative estimate of drug-likeness (QED) is 0.785. The van der Waals surface area contributed by atoms with Gasteiger partial charge in [0, 0.05) is 50.6 Å². The average molecular weight is 368 g/mol. The molecule has 0 bridgehead atoms. The van der Waals surface area contributed by atoms with E-state index in [1.165, 1.54) is 11.9 Å². The molecule has 0 saturated carbocycles. The van der Waals surface area contributed by atoms with Gasteiger partial charge >= 0.3 is 0 Å². The second-order valence-corrected chi connectivity index (χ2v) is 7.11. The van der Waals surface area contributed by atoms with Crippen LogP contribution in [0.4, 0.5) is 0 Å². The molecule has 1 aliphatic rings. The molecule has 0 N–H and O–H groups in total. The number of rotatable bonds is 6. The zero-order valence-electron chi connectivity index (χ0n) is 16.2. The zero-order chi connectivity index (χ0) is 19.1. The van der Waals surface area contributed by atoms with E-state index in [-0.39, 0.29) is 11.9 Å². The van der Waals surface area contributed by atoms with Crippen LogP contribution in [0.5, 0.6) is 5.75 Å². The van der Waals surface area contributed by atoms with E-state index in [1.807, 2.05) is 17.0 Å². The van der Waals surface area contributed by atoms with Crippen LogP contribution in [-0.2, 0) is 17.9 Å². The Kier molecular flexibility index (Phi) is 6.76. The van der Waals surface area contributed by atoms with Crippen LogP contribution >= 0.6 is 0 Å². The molecule has 0 unspecified atom stereocenters. The van der Waals surface area contributed by atoms with Crippen molar-refractivity contribution in [2.75, 3.05) is 20.2 Å². The molecule has 6 nitrogen and oxygen atoms in total. The second-order valence-electron chi connectivity index (χ2n) is 7.11. The molecule has 144 valence electrons. The van der Waals surface area contributed by atoms with Crippen LogP contribution in [0.3, 0.4) is 0 Å². The molecule has 2 aromatic rings. The van der Waals surface area contributed by atoms with Gasteiger partial charge in [-0.3, -0.25) is 9.69 Å². The fourth-order valence-corrected chi connectivity index (χ4v) is 3.74. The predicted molar refractivity (Wildman–Crippen MR) is 104 cm³/mol. The molecule has 27 heavy (non-hydrogen) atoms. The lowest BCUT2D eigenvalue weighted by Gasteiger charge is -2.30. The first-order valence-electron chi connectivity index (χ1n) is 9.52. The summed E-state index contributed by atoms with van der Waals surface area (Å²) >= 11 is 0. The molecule has 1 fully saturated rings. The van der Waals surface area contributed by atoms with Crippen molar-refractivity contribution in [2.45, 2.75) is 45.3 Å². The Balaban J connectivity index is 1.61. The van der Waals surface area contributed by atoms with Crippen LogP contribution in [0.2, 0.25) is 0 Å². The van der Waals surface area contributed by atoms with E-state index in [2.05, 4.69) is 27.0 Å². The first-order chi connectivity index (χ1) is 13.2. The van der Waals surface area contributed by atoms with Gasteiger partial charge in [-0.2, -0.15) is 0 Å². The molecule has 1 aromatic heterocycles. The summed E-state index contributed by atoms with van der Waals surface area (Å²) in [6.07, 6.45) is 8.19. The summed E-state index contributed by atoms with van der Waals surface area (Å²) in [7, 11) is 1.70. The second kappa shape index (κ2) is 9.46. The molecular weight excluding hydrogens is 340 g/mol. The van der Waals surface area contributed by atoms with Gasteiger partial charge < -0.3 is 9.64 Å². The Labute approximate surface area is 161 Å². The molecule has 1 amide bonds. The number of ether oxygens (including phenoxy) is 1. The minimum atomic E-state index is 0.116. The van der Waals surface area contributed by atoms with E-state index in [1.54, 1.807) is 26.4 Å². The molecule has 0 spiro atoms. The highest BCUT2D eigenvalue weighted by atomic mass is 16.5. The van der Waals surface area contributed by atoms with Gasteiger partial charge in [-0.05, 0) is 43.5 Å². The summed E-state index contributed by atoms with van der Waals surface area (Å²) in [5.41, 5.74) is 2.24. The van der Waals surface area contributed by atoms with Gasteiger partial charge in [0.15, 0.2) is 0 Å². The first-order valence-corrected chi connectivity index (χ1v) is 9.52. The van der Waals surface area contributed by atoms with Gasteiger partial charge in [-0.15, -0.1) is 0 Å². The molecule has 1 aromatic carbocycles. The summed E-state index contributed by atoms with van der Waals surface area (Å²) in [5, 5.41) is 0. The Morgan fingerprint density at radius 1 is 1.22 bits per heavy atom. The highest BCUT2D eigenvalue weighted by Crippen LogP contribution is 2.21. The molecule has 6 heteroatoms. The van der Waals surface area contributed by atoms with E-state index >= 15 is 0 Å². The van der Waals surface area contributed by atoms with E-state index in [4.69, 9.17) is 4.74 Å². The maximum absolute atomic E-state index is 12.3. The third-order valence-corrected chi connectivity index (χ3v) is 5.14. The Hall–Kier alpha value is -2.47. The van der Waals surface area contributed by atoms with E-state index in [9.17, 15) is 4.79 Å². The smallest absolute Gasteiger partial charge is 0.219 e. The van der Waals surface area contributed by atoms with Gasteiger partial charge in [0.25, 0.3) is 0 Å². The lowest BCUT2D eigenvalue weighted by atomic mass is 10.1. The fraction of sp³-hybridized carbons (Fsp3) is 0.476. The summed E-state index contributed by atoms with van der Waals surface area (Å²) < 4.78 is 5.33. The minimum absolute atomic E-state index is 0.116. The number of carbonyl (C=O) groups excluding carboxylic acids is 1. The van der Waals surface area contributed by atoms with Gasteiger partial charge in [-0.25, -0.2) is 9.97 Å². The molecule has 1 aliphatic heterocycles. The lowest BCUT2D eigenvalue weighted by Crippen LogP contribution is -2.39. The molecule has 0 radical (unpaired) electrons. The normalized spacial score (nSPS) is 17.9. The van der Waals surface area contributed by atoms with Crippen molar-refractivity contribution in [1.82, 2.24) is 19.8 Å².